The second-order valence-corrected chi connectivity index (χ2v) is 10.4. The number of nitrogens with zero attached hydrogens (tertiary/aromatic N) is 4. The third-order valence-corrected chi connectivity index (χ3v) is 8.29. The predicted octanol–water partition coefficient (Wildman–Crippen LogP) is 4.29. The Morgan fingerprint density at radius 2 is 2.06 bits per heavy atom. The van der Waals surface area contributed by atoms with Crippen LogP contribution in [0.3, 0.4) is 0 Å². The van der Waals surface area contributed by atoms with Gasteiger partial charge in [-0.1, -0.05) is 24.2 Å². The maximum Gasteiger partial charge on any atom is 0.350 e. The lowest BCUT2D eigenvalue weighted by molar-refractivity contribution is -0.126. The van der Waals surface area contributed by atoms with Crippen LogP contribution in [0.25, 0.3) is 22.0 Å². The number of ether oxygens (including phenoxy) is 1. The molecule has 0 aliphatic carbocycles. The Morgan fingerprint density at radius 3 is 2.72 bits per heavy atom. The van der Waals surface area contributed by atoms with Crippen molar-refractivity contribution in [3.05, 3.63) is 63.8 Å². The molecule has 7 nitrogen and oxygen atoms in total. The molecule has 5 rings (SSSR count). The number of aromatic nitrogens is 2. The third kappa shape index (κ3) is 4.19. The van der Waals surface area contributed by atoms with Crippen LogP contribution in [-0.4, -0.2) is 66.0 Å². The standard InChI is InChI=1S/C26H26ClFN4O3S/c1-4-21(33)30-7-9-31(10-8-30)25-18-11-15(2)22(16-5-6-20(28)19(27)12-16)24-23(18)32(26(34)29-25)17(13-35-3)14-36-24/h4-6,11-12,17H,1,7-10,13-14H2,2-3H3/t17-/m0/s1. The van der Waals surface area contributed by atoms with Crippen LogP contribution >= 0.6 is 23.4 Å². The van der Waals surface area contributed by atoms with Gasteiger partial charge < -0.3 is 14.5 Å². The van der Waals surface area contributed by atoms with Crippen molar-refractivity contribution in [3.8, 4) is 11.1 Å². The van der Waals surface area contributed by atoms with Gasteiger partial charge in [-0.2, -0.15) is 4.98 Å². The Balaban J connectivity index is 1.71. The van der Waals surface area contributed by atoms with Gasteiger partial charge in [0, 0.05) is 54.9 Å². The number of halogens is 2. The zero-order valence-electron chi connectivity index (χ0n) is 20.1. The van der Waals surface area contributed by atoms with Gasteiger partial charge >= 0.3 is 5.69 Å². The molecule has 2 aromatic carbocycles. The normalized spacial score (nSPS) is 17.5. The lowest BCUT2D eigenvalue weighted by atomic mass is 9.97. The first-order valence-electron chi connectivity index (χ1n) is 11.7. The number of benzene rings is 2. The summed E-state index contributed by atoms with van der Waals surface area (Å²) in [5, 5.41) is 0.924. The summed E-state index contributed by atoms with van der Waals surface area (Å²) < 4.78 is 21.1. The van der Waals surface area contributed by atoms with E-state index >= 15 is 0 Å². The molecule has 0 radical (unpaired) electrons. The summed E-state index contributed by atoms with van der Waals surface area (Å²) in [6.07, 6.45) is 1.32. The average molecular weight is 529 g/mol. The summed E-state index contributed by atoms with van der Waals surface area (Å²) in [7, 11) is 1.62. The van der Waals surface area contributed by atoms with E-state index in [1.165, 1.54) is 12.1 Å². The number of carbonyl (C=O) groups excluding carboxylic acids is 1. The molecule has 10 heteroatoms. The first-order chi connectivity index (χ1) is 17.3. The fourth-order valence-electron chi connectivity index (χ4n) is 5.05. The van der Waals surface area contributed by atoms with Crippen molar-refractivity contribution in [2.75, 3.05) is 50.5 Å². The molecule has 0 saturated carbocycles. The summed E-state index contributed by atoms with van der Waals surface area (Å²) in [4.78, 5) is 34.8. The molecule has 0 spiro atoms. The van der Waals surface area contributed by atoms with Gasteiger partial charge in [0.2, 0.25) is 5.91 Å². The molecular weight excluding hydrogens is 503 g/mol. The zero-order chi connectivity index (χ0) is 25.6. The number of amides is 1. The number of anilines is 1. The summed E-state index contributed by atoms with van der Waals surface area (Å²) >= 11 is 7.79. The average Bonchev–Trinajstić information content (AvgIpc) is 2.88. The van der Waals surface area contributed by atoms with Crippen LogP contribution in [0.2, 0.25) is 5.02 Å². The van der Waals surface area contributed by atoms with Crippen molar-refractivity contribution in [1.82, 2.24) is 14.5 Å². The van der Waals surface area contributed by atoms with Crippen LogP contribution in [-0.2, 0) is 9.53 Å². The largest absolute Gasteiger partial charge is 0.383 e. The summed E-state index contributed by atoms with van der Waals surface area (Å²) in [6, 6.07) is 6.58. The van der Waals surface area contributed by atoms with Crippen molar-refractivity contribution < 1.29 is 13.9 Å². The van der Waals surface area contributed by atoms with E-state index in [1.807, 2.05) is 13.0 Å². The smallest absolute Gasteiger partial charge is 0.350 e. The van der Waals surface area contributed by atoms with Crippen LogP contribution in [0.1, 0.15) is 11.6 Å². The van der Waals surface area contributed by atoms with Gasteiger partial charge in [-0.3, -0.25) is 9.36 Å². The topological polar surface area (TPSA) is 67.7 Å². The monoisotopic (exact) mass is 528 g/mol. The highest BCUT2D eigenvalue weighted by atomic mass is 35.5. The molecular formula is C26H26ClFN4O3S. The zero-order valence-corrected chi connectivity index (χ0v) is 21.7. The Morgan fingerprint density at radius 1 is 1.31 bits per heavy atom. The van der Waals surface area contributed by atoms with E-state index in [0.717, 1.165) is 32.5 Å². The van der Waals surface area contributed by atoms with Crippen LogP contribution < -0.4 is 10.6 Å². The van der Waals surface area contributed by atoms with Crippen molar-refractivity contribution in [1.29, 1.82) is 0 Å². The second kappa shape index (κ2) is 9.88. The maximum atomic E-state index is 13.9. The molecule has 1 atom stereocenters. The Hall–Kier alpha value is -2.88. The molecule has 2 aliphatic heterocycles. The Kier molecular flexibility index (Phi) is 6.80. The van der Waals surface area contributed by atoms with Crippen LogP contribution in [0.15, 0.2) is 46.6 Å². The SMILES string of the molecule is C=CC(=O)N1CCN(c2nc(=O)n3c4c(c(-c5ccc(F)c(Cl)c5)c(C)cc24)SC[C@@H]3COC)CC1. The van der Waals surface area contributed by atoms with Crippen molar-refractivity contribution >= 4 is 46.0 Å². The lowest BCUT2D eigenvalue weighted by Gasteiger charge is -2.36. The van der Waals surface area contributed by atoms with E-state index < -0.39 is 5.82 Å². The predicted molar refractivity (Wildman–Crippen MR) is 142 cm³/mol. The fraction of sp³-hybridized carbons (Fsp3) is 0.346. The molecule has 1 aromatic heterocycles. The fourth-order valence-corrected chi connectivity index (χ4v) is 6.61. The van der Waals surface area contributed by atoms with E-state index in [4.69, 9.17) is 16.3 Å². The van der Waals surface area contributed by atoms with Gasteiger partial charge in [-0.05, 0) is 42.3 Å². The number of hydrogen-bond acceptors (Lipinski definition) is 6. The van der Waals surface area contributed by atoms with E-state index in [9.17, 15) is 14.0 Å². The number of piperazine rings is 1. The number of aryl methyl sites for hydroxylation is 1. The van der Waals surface area contributed by atoms with E-state index in [0.29, 0.717) is 44.4 Å². The van der Waals surface area contributed by atoms with Crippen molar-refractivity contribution in [2.24, 2.45) is 0 Å². The molecule has 1 amide bonds. The number of methoxy groups -OCH3 is 1. The summed E-state index contributed by atoms with van der Waals surface area (Å²) in [6.45, 7) is 8.13. The molecule has 3 aromatic rings. The summed E-state index contributed by atoms with van der Waals surface area (Å²) in [5.74, 6) is 0.684. The molecule has 0 bridgehead atoms. The number of thioether (sulfide) groups is 1. The number of hydrogen-bond donors (Lipinski definition) is 0. The molecule has 1 fully saturated rings. The molecule has 1 saturated heterocycles. The van der Waals surface area contributed by atoms with Gasteiger partial charge in [0.25, 0.3) is 0 Å². The molecule has 36 heavy (non-hydrogen) atoms. The van der Waals surface area contributed by atoms with Crippen LogP contribution in [0.5, 0.6) is 0 Å². The quantitative estimate of drug-likeness (QED) is 0.460. The highest BCUT2D eigenvalue weighted by Crippen LogP contribution is 2.46. The van der Waals surface area contributed by atoms with Gasteiger partial charge in [0.1, 0.15) is 11.6 Å². The number of carbonyl (C=O) groups is 1. The van der Waals surface area contributed by atoms with Crippen LogP contribution in [0, 0.1) is 12.7 Å². The highest BCUT2D eigenvalue weighted by Gasteiger charge is 2.31. The Bertz CT molecular complexity index is 1440. The van der Waals surface area contributed by atoms with Crippen LogP contribution in [0.4, 0.5) is 10.2 Å². The number of rotatable bonds is 5. The highest BCUT2D eigenvalue weighted by molar-refractivity contribution is 7.99. The molecule has 0 N–H and O–H groups in total. The summed E-state index contributed by atoms with van der Waals surface area (Å²) in [5.41, 5.74) is 3.16. The van der Waals surface area contributed by atoms with Gasteiger partial charge in [0.05, 0.1) is 23.2 Å². The third-order valence-electron chi connectivity index (χ3n) is 6.76. The minimum atomic E-state index is -0.474. The van der Waals surface area contributed by atoms with Crippen molar-refractivity contribution in [2.45, 2.75) is 17.9 Å². The van der Waals surface area contributed by atoms with E-state index in [2.05, 4.69) is 16.5 Å². The maximum absolute atomic E-state index is 13.9. The molecule has 2 aliphatic rings. The van der Waals surface area contributed by atoms with Gasteiger partial charge in [0.15, 0.2) is 0 Å². The first-order valence-corrected chi connectivity index (χ1v) is 13.0. The lowest BCUT2D eigenvalue weighted by Crippen LogP contribution is -2.49. The Labute approximate surface area is 217 Å². The van der Waals surface area contributed by atoms with E-state index in [-0.39, 0.29) is 22.7 Å². The second-order valence-electron chi connectivity index (χ2n) is 8.95. The molecule has 188 valence electrons. The van der Waals surface area contributed by atoms with E-state index in [1.54, 1.807) is 40.5 Å². The minimum absolute atomic E-state index is 0.0528. The first kappa shape index (κ1) is 24.8. The minimum Gasteiger partial charge on any atom is -0.383 e. The van der Waals surface area contributed by atoms with Gasteiger partial charge in [-0.25, -0.2) is 9.18 Å². The van der Waals surface area contributed by atoms with Gasteiger partial charge in [-0.15, -0.1) is 11.8 Å². The van der Waals surface area contributed by atoms with Crippen molar-refractivity contribution in [3.63, 3.8) is 0 Å². The molecule has 0 unspecified atom stereocenters. The molecule has 3 heterocycles.